The maximum Gasteiger partial charge on any atom is 0.0163 e. The molecule has 0 saturated carbocycles. The Balaban J connectivity index is 0.000000200. The summed E-state index contributed by atoms with van der Waals surface area (Å²) >= 11 is 0. The number of hydrogen-bond acceptors (Lipinski definition) is 2. The Kier molecular flexibility index (Phi) is 9.22. The van der Waals surface area contributed by atoms with Gasteiger partial charge in [0.15, 0.2) is 0 Å². The molecule has 3 heteroatoms. The van der Waals surface area contributed by atoms with Gasteiger partial charge in [-0.15, -0.1) is 59.2 Å². The van der Waals surface area contributed by atoms with Crippen LogP contribution in [-0.4, -0.2) is 9.97 Å². The van der Waals surface area contributed by atoms with Crippen molar-refractivity contribution in [3.63, 3.8) is 0 Å². The van der Waals surface area contributed by atoms with Crippen LogP contribution < -0.4 is 0 Å². The summed E-state index contributed by atoms with van der Waals surface area (Å²) in [7, 11) is 0. The fraction of sp³-hybridized carbons (Fsp3) is 0.211. The van der Waals surface area contributed by atoms with Gasteiger partial charge in [0.05, 0.1) is 0 Å². The van der Waals surface area contributed by atoms with Crippen LogP contribution in [0.1, 0.15) is 52.7 Å². The van der Waals surface area contributed by atoms with Gasteiger partial charge in [-0.2, -0.15) is 0 Å². The standard InChI is InChI=1S/C23H20N.C15H16N.Ir/c1-23(2,3)19-12-13-24-22(15-19)18-11-10-17-9-8-16-6-4-5-7-20(16)21(17)14-18;1-15(2,3)13-8-6-7-12(11-13)14-9-4-5-10-16-14;/h4-10,12-15H,1-3H3;4-6,8-11H,1-3H3;/q2*-1;. The van der Waals surface area contributed by atoms with E-state index in [0.717, 1.165) is 22.5 Å². The number of fused-ring (bicyclic) bond motifs is 3. The smallest absolute Gasteiger partial charge is 0.0163 e. The third-order valence-electron chi connectivity index (χ3n) is 7.19. The van der Waals surface area contributed by atoms with Crippen molar-refractivity contribution in [3.8, 4) is 22.5 Å². The van der Waals surface area contributed by atoms with Gasteiger partial charge in [-0.3, -0.25) is 0 Å². The van der Waals surface area contributed by atoms with Crippen molar-refractivity contribution in [1.82, 2.24) is 9.97 Å². The second-order valence-corrected chi connectivity index (χ2v) is 12.3. The monoisotopic (exact) mass is 713 g/mol. The molecule has 0 aliphatic rings. The van der Waals surface area contributed by atoms with E-state index in [9.17, 15) is 0 Å². The summed E-state index contributed by atoms with van der Waals surface area (Å²) in [5, 5.41) is 5.00. The molecule has 2 aromatic heterocycles. The van der Waals surface area contributed by atoms with Gasteiger partial charge in [0.2, 0.25) is 0 Å². The zero-order valence-electron chi connectivity index (χ0n) is 24.6. The number of rotatable bonds is 2. The van der Waals surface area contributed by atoms with E-state index in [1.54, 1.807) is 0 Å². The molecular weight excluding hydrogens is 677 g/mol. The quantitative estimate of drug-likeness (QED) is 0.132. The van der Waals surface area contributed by atoms with E-state index in [0.29, 0.717) is 0 Å². The minimum absolute atomic E-state index is 0. The summed E-state index contributed by atoms with van der Waals surface area (Å²) < 4.78 is 0. The van der Waals surface area contributed by atoms with E-state index >= 15 is 0 Å². The van der Waals surface area contributed by atoms with E-state index in [4.69, 9.17) is 0 Å². The van der Waals surface area contributed by atoms with Crippen LogP contribution >= 0.6 is 0 Å². The molecule has 1 radical (unpaired) electrons. The number of nitrogens with zero attached hydrogens (tertiary/aromatic N) is 2. The summed E-state index contributed by atoms with van der Waals surface area (Å²) in [6.07, 6.45) is 3.71. The molecule has 0 aliphatic carbocycles. The molecule has 4 aromatic carbocycles. The van der Waals surface area contributed by atoms with Crippen LogP contribution in [0.2, 0.25) is 0 Å². The number of aromatic nitrogens is 2. The van der Waals surface area contributed by atoms with Gasteiger partial charge in [0.1, 0.15) is 0 Å². The van der Waals surface area contributed by atoms with Crippen molar-refractivity contribution < 1.29 is 20.1 Å². The number of benzene rings is 4. The van der Waals surface area contributed by atoms with E-state index in [-0.39, 0.29) is 30.9 Å². The predicted molar refractivity (Wildman–Crippen MR) is 169 cm³/mol. The average molecular weight is 713 g/mol. The van der Waals surface area contributed by atoms with Gasteiger partial charge in [0, 0.05) is 32.5 Å². The van der Waals surface area contributed by atoms with Crippen LogP contribution in [0.15, 0.2) is 109 Å². The van der Waals surface area contributed by atoms with Crippen molar-refractivity contribution in [2.24, 2.45) is 0 Å². The first-order valence-corrected chi connectivity index (χ1v) is 13.8. The van der Waals surface area contributed by atoms with E-state index in [2.05, 4.69) is 136 Å². The summed E-state index contributed by atoms with van der Waals surface area (Å²) in [5.74, 6) is 0. The Morgan fingerprint density at radius 3 is 1.93 bits per heavy atom. The Bertz CT molecular complexity index is 1760. The molecule has 41 heavy (non-hydrogen) atoms. The minimum Gasteiger partial charge on any atom is -0.305 e. The Labute approximate surface area is 258 Å². The third-order valence-corrected chi connectivity index (χ3v) is 7.19. The van der Waals surface area contributed by atoms with Crippen LogP contribution in [0.5, 0.6) is 0 Å². The maximum absolute atomic E-state index is 4.58. The predicted octanol–water partition coefficient (Wildman–Crippen LogP) is 10.00. The minimum atomic E-state index is 0. The zero-order valence-corrected chi connectivity index (χ0v) is 27.0. The van der Waals surface area contributed by atoms with E-state index in [1.165, 1.54) is 32.7 Å². The topological polar surface area (TPSA) is 25.8 Å². The van der Waals surface area contributed by atoms with Crippen LogP contribution in [0.4, 0.5) is 0 Å². The van der Waals surface area contributed by atoms with Crippen LogP contribution in [0, 0.1) is 12.1 Å². The molecule has 0 aliphatic heterocycles. The Morgan fingerprint density at radius 1 is 0.537 bits per heavy atom. The van der Waals surface area contributed by atoms with E-state index < -0.39 is 0 Å². The molecule has 209 valence electrons. The van der Waals surface area contributed by atoms with Crippen molar-refractivity contribution in [3.05, 3.63) is 133 Å². The molecule has 6 rings (SSSR count). The van der Waals surface area contributed by atoms with Gasteiger partial charge >= 0.3 is 0 Å². The SMILES string of the molecule is CC(C)(C)c1cc[c-]c(-c2ccccn2)c1.CC(C)(C)c1ccnc(-c2[c-]cc3ccc4ccccc4c3c2)c1.[Ir]. The number of hydrogen-bond donors (Lipinski definition) is 0. The van der Waals surface area contributed by atoms with Gasteiger partial charge < -0.3 is 9.97 Å². The molecule has 0 fully saturated rings. The molecule has 0 bridgehead atoms. The molecule has 2 heterocycles. The molecule has 0 unspecified atom stereocenters. The summed E-state index contributed by atoms with van der Waals surface area (Å²) in [4.78, 5) is 8.92. The third kappa shape index (κ3) is 7.17. The fourth-order valence-electron chi connectivity index (χ4n) is 4.74. The van der Waals surface area contributed by atoms with Crippen molar-refractivity contribution in [1.29, 1.82) is 0 Å². The van der Waals surface area contributed by atoms with Crippen LogP contribution in [-0.2, 0) is 30.9 Å². The summed E-state index contributed by atoms with van der Waals surface area (Å²) in [6, 6.07) is 40.3. The second-order valence-electron chi connectivity index (χ2n) is 12.3. The maximum atomic E-state index is 4.58. The van der Waals surface area contributed by atoms with Gasteiger partial charge in [-0.05, 0) is 50.7 Å². The fourth-order valence-corrected chi connectivity index (χ4v) is 4.74. The first-order chi connectivity index (χ1) is 19.1. The molecule has 2 nitrogen and oxygen atoms in total. The van der Waals surface area contributed by atoms with Crippen molar-refractivity contribution in [2.75, 3.05) is 0 Å². The molecule has 0 amide bonds. The largest absolute Gasteiger partial charge is 0.305 e. The molecule has 0 saturated heterocycles. The molecular formula is C38H36IrN2-2. The first-order valence-electron chi connectivity index (χ1n) is 13.8. The normalized spacial score (nSPS) is 11.5. The molecule has 0 atom stereocenters. The average Bonchev–Trinajstić information content (AvgIpc) is 2.97. The Hall–Kier alpha value is -3.65. The zero-order chi connectivity index (χ0) is 28.3. The first kappa shape index (κ1) is 30.3. The van der Waals surface area contributed by atoms with Gasteiger partial charge in [-0.1, -0.05) is 107 Å². The summed E-state index contributed by atoms with van der Waals surface area (Å²) in [6.45, 7) is 13.3. The van der Waals surface area contributed by atoms with Crippen molar-refractivity contribution >= 4 is 21.5 Å². The van der Waals surface area contributed by atoms with Crippen molar-refractivity contribution in [2.45, 2.75) is 52.4 Å². The number of pyridine rings is 2. The molecule has 0 spiro atoms. The van der Waals surface area contributed by atoms with Gasteiger partial charge in [0.25, 0.3) is 0 Å². The summed E-state index contributed by atoms with van der Waals surface area (Å²) in [5.41, 5.74) is 6.95. The second kappa shape index (κ2) is 12.5. The molecule has 6 aromatic rings. The van der Waals surface area contributed by atoms with Crippen LogP contribution in [0.3, 0.4) is 0 Å². The Morgan fingerprint density at radius 2 is 1.20 bits per heavy atom. The van der Waals surface area contributed by atoms with E-state index in [1.807, 2.05) is 36.7 Å². The van der Waals surface area contributed by atoms with Gasteiger partial charge in [-0.25, -0.2) is 0 Å². The van der Waals surface area contributed by atoms with Crippen LogP contribution in [0.25, 0.3) is 44.1 Å². The molecule has 0 N–H and O–H groups in total.